The van der Waals surface area contributed by atoms with Crippen molar-refractivity contribution in [2.75, 3.05) is 13.2 Å². The number of aliphatic hydroxyl groups excluding tert-OH is 1. The first kappa shape index (κ1) is 13.5. The van der Waals surface area contributed by atoms with E-state index >= 15 is 0 Å². The summed E-state index contributed by atoms with van der Waals surface area (Å²) < 4.78 is 5.59. The van der Waals surface area contributed by atoms with Crippen LogP contribution in [-0.4, -0.2) is 36.4 Å². The van der Waals surface area contributed by atoms with Crippen molar-refractivity contribution in [1.82, 2.24) is 5.32 Å². The van der Waals surface area contributed by atoms with Crippen LogP contribution in [0.15, 0.2) is 0 Å². The second-order valence-corrected chi connectivity index (χ2v) is 4.95. The van der Waals surface area contributed by atoms with E-state index in [4.69, 9.17) is 9.84 Å². The lowest BCUT2D eigenvalue weighted by molar-refractivity contribution is -0.136. The van der Waals surface area contributed by atoms with Crippen molar-refractivity contribution in [3.63, 3.8) is 0 Å². The van der Waals surface area contributed by atoms with Gasteiger partial charge in [-0.15, -0.1) is 0 Å². The van der Waals surface area contributed by atoms with Crippen LogP contribution in [0.25, 0.3) is 0 Å². The summed E-state index contributed by atoms with van der Waals surface area (Å²) in [4.78, 5) is 11.5. The van der Waals surface area contributed by atoms with Crippen LogP contribution < -0.4 is 5.32 Å². The Morgan fingerprint density at radius 3 is 2.75 bits per heavy atom. The minimum atomic E-state index is 0.0187. The predicted octanol–water partition coefficient (Wildman–Crippen LogP) is 1.08. The summed E-state index contributed by atoms with van der Waals surface area (Å²) in [5, 5.41) is 11.6. The third kappa shape index (κ3) is 2.95. The van der Waals surface area contributed by atoms with Gasteiger partial charge < -0.3 is 15.2 Å². The van der Waals surface area contributed by atoms with E-state index in [2.05, 4.69) is 19.2 Å². The second-order valence-electron chi connectivity index (χ2n) is 4.95. The molecular weight excluding hydrogens is 206 g/mol. The molecule has 0 aromatic heterocycles. The van der Waals surface area contributed by atoms with Gasteiger partial charge in [0.1, 0.15) is 0 Å². The Bertz CT molecular complexity index is 240. The molecule has 1 rings (SSSR count). The van der Waals surface area contributed by atoms with Crippen molar-refractivity contribution in [2.24, 2.45) is 5.41 Å². The van der Waals surface area contributed by atoms with Gasteiger partial charge in [-0.3, -0.25) is 4.79 Å². The van der Waals surface area contributed by atoms with E-state index in [-0.39, 0.29) is 30.1 Å². The van der Waals surface area contributed by atoms with Crippen molar-refractivity contribution in [2.45, 2.75) is 52.2 Å². The number of carbonyl (C=O) groups is 1. The van der Waals surface area contributed by atoms with E-state index in [1.807, 2.05) is 6.92 Å². The number of ether oxygens (including phenoxy) is 1. The molecule has 0 heterocycles. The van der Waals surface area contributed by atoms with E-state index in [9.17, 15) is 4.79 Å². The fraction of sp³-hybridized carbons (Fsp3) is 0.917. The number of amides is 1. The molecule has 4 nitrogen and oxygen atoms in total. The van der Waals surface area contributed by atoms with Crippen LogP contribution in [0.5, 0.6) is 0 Å². The molecule has 94 valence electrons. The van der Waals surface area contributed by atoms with Crippen molar-refractivity contribution in [1.29, 1.82) is 0 Å². The SMILES string of the molecule is CCOC1CC(NC(=O)CCCO)C1(C)C. The van der Waals surface area contributed by atoms with Crippen molar-refractivity contribution in [3.05, 3.63) is 0 Å². The fourth-order valence-electron chi connectivity index (χ4n) is 2.12. The van der Waals surface area contributed by atoms with Crippen LogP contribution in [0, 0.1) is 5.41 Å². The Balaban J connectivity index is 2.32. The Labute approximate surface area is 97.4 Å². The van der Waals surface area contributed by atoms with Crippen LogP contribution in [-0.2, 0) is 9.53 Å². The van der Waals surface area contributed by atoms with Crippen molar-refractivity contribution >= 4 is 5.91 Å². The lowest BCUT2D eigenvalue weighted by Gasteiger charge is -2.51. The molecule has 0 aliphatic heterocycles. The Morgan fingerprint density at radius 1 is 1.56 bits per heavy atom. The molecular formula is C12H23NO3. The molecule has 1 aliphatic carbocycles. The van der Waals surface area contributed by atoms with Crippen LogP contribution >= 0.6 is 0 Å². The van der Waals surface area contributed by atoms with Gasteiger partial charge in [-0.25, -0.2) is 0 Å². The first-order valence-electron chi connectivity index (χ1n) is 6.04. The summed E-state index contributed by atoms with van der Waals surface area (Å²) in [7, 11) is 0. The molecule has 0 spiro atoms. The zero-order chi connectivity index (χ0) is 12.2. The highest BCUT2D eigenvalue weighted by Crippen LogP contribution is 2.42. The van der Waals surface area contributed by atoms with Crippen LogP contribution in [0.3, 0.4) is 0 Å². The summed E-state index contributed by atoms with van der Waals surface area (Å²) in [6.07, 6.45) is 2.09. The third-order valence-electron chi connectivity index (χ3n) is 3.44. The molecule has 1 amide bonds. The highest BCUT2D eigenvalue weighted by molar-refractivity contribution is 5.76. The van der Waals surface area contributed by atoms with Gasteiger partial charge >= 0.3 is 0 Å². The predicted molar refractivity (Wildman–Crippen MR) is 62.1 cm³/mol. The third-order valence-corrected chi connectivity index (χ3v) is 3.44. The maximum atomic E-state index is 11.5. The molecule has 1 aliphatic rings. The number of carbonyl (C=O) groups excluding carboxylic acids is 1. The lowest BCUT2D eigenvalue weighted by Crippen LogP contribution is -2.62. The minimum absolute atomic E-state index is 0.0187. The topological polar surface area (TPSA) is 58.6 Å². The van der Waals surface area contributed by atoms with Gasteiger partial charge in [0.15, 0.2) is 0 Å². The Hall–Kier alpha value is -0.610. The van der Waals surface area contributed by atoms with E-state index in [1.165, 1.54) is 0 Å². The minimum Gasteiger partial charge on any atom is -0.396 e. The van der Waals surface area contributed by atoms with Gasteiger partial charge in [-0.1, -0.05) is 13.8 Å². The van der Waals surface area contributed by atoms with Crippen molar-refractivity contribution in [3.8, 4) is 0 Å². The Morgan fingerprint density at radius 2 is 2.25 bits per heavy atom. The maximum Gasteiger partial charge on any atom is 0.220 e. The second kappa shape index (κ2) is 5.64. The molecule has 2 unspecified atom stereocenters. The van der Waals surface area contributed by atoms with Gasteiger partial charge in [0, 0.05) is 31.1 Å². The lowest BCUT2D eigenvalue weighted by atomic mass is 9.64. The van der Waals surface area contributed by atoms with Gasteiger partial charge in [-0.2, -0.15) is 0 Å². The van der Waals surface area contributed by atoms with E-state index in [0.717, 1.165) is 13.0 Å². The van der Waals surface area contributed by atoms with Crippen LogP contribution in [0.2, 0.25) is 0 Å². The molecule has 16 heavy (non-hydrogen) atoms. The number of hydrogen-bond donors (Lipinski definition) is 2. The first-order chi connectivity index (χ1) is 7.52. The zero-order valence-electron chi connectivity index (χ0n) is 10.5. The normalized spacial score (nSPS) is 27.2. The van der Waals surface area contributed by atoms with Gasteiger partial charge in [0.2, 0.25) is 5.91 Å². The van der Waals surface area contributed by atoms with Crippen molar-refractivity contribution < 1.29 is 14.6 Å². The molecule has 1 fully saturated rings. The van der Waals surface area contributed by atoms with E-state index in [0.29, 0.717) is 12.8 Å². The zero-order valence-corrected chi connectivity index (χ0v) is 10.5. The van der Waals surface area contributed by atoms with Crippen LogP contribution in [0.4, 0.5) is 0 Å². The van der Waals surface area contributed by atoms with Gasteiger partial charge in [0.25, 0.3) is 0 Å². The fourth-order valence-corrected chi connectivity index (χ4v) is 2.12. The standard InChI is InChI=1S/C12H23NO3/c1-4-16-10-8-9(12(10,2)3)13-11(15)6-5-7-14/h9-10,14H,4-8H2,1-3H3,(H,13,15). The summed E-state index contributed by atoms with van der Waals surface area (Å²) >= 11 is 0. The monoisotopic (exact) mass is 229 g/mol. The van der Waals surface area contributed by atoms with Gasteiger partial charge in [-0.05, 0) is 19.8 Å². The maximum absolute atomic E-state index is 11.5. The van der Waals surface area contributed by atoms with Gasteiger partial charge in [0.05, 0.1) is 6.10 Å². The summed E-state index contributed by atoms with van der Waals surface area (Å²) in [5.74, 6) is 0.0297. The van der Waals surface area contributed by atoms with Crippen LogP contribution in [0.1, 0.15) is 40.0 Å². The molecule has 2 N–H and O–H groups in total. The van der Waals surface area contributed by atoms with E-state index in [1.54, 1.807) is 0 Å². The number of hydrogen-bond acceptors (Lipinski definition) is 3. The molecule has 0 radical (unpaired) electrons. The number of rotatable bonds is 6. The molecule has 0 bridgehead atoms. The summed E-state index contributed by atoms with van der Waals surface area (Å²) in [5.41, 5.74) is 0.0187. The highest BCUT2D eigenvalue weighted by Gasteiger charge is 2.49. The smallest absolute Gasteiger partial charge is 0.220 e. The summed E-state index contributed by atoms with van der Waals surface area (Å²) in [6, 6.07) is 0.204. The number of aliphatic hydroxyl groups is 1. The molecule has 2 atom stereocenters. The molecule has 0 aromatic rings. The largest absolute Gasteiger partial charge is 0.396 e. The molecule has 0 aromatic carbocycles. The van der Waals surface area contributed by atoms with E-state index < -0.39 is 0 Å². The average molecular weight is 229 g/mol. The molecule has 1 saturated carbocycles. The average Bonchev–Trinajstić information content (AvgIpc) is 2.25. The highest BCUT2D eigenvalue weighted by atomic mass is 16.5. The molecule has 0 saturated heterocycles. The quantitative estimate of drug-likeness (QED) is 0.716. The molecule has 4 heteroatoms. The Kier molecular flexibility index (Phi) is 4.74. The number of nitrogens with one attached hydrogen (secondary N) is 1. The first-order valence-corrected chi connectivity index (χ1v) is 6.04. The summed E-state index contributed by atoms with van der Waals surface area (Å²) in [6.45, 7) is 7.02.